The highest BCUT2D eigenvalue weighted by Gasteiger charge is 2.25. The molecule has 23 heavy (non-hydrogen) atoms. The van der Waals surface area contributed by atoms with Crippen molar-refractivity contribution in [3.8, 4) is 5.75 Å². The molecule has 2 rings (SSSR count). The van der Waals surface area contributed by atoms with Crippen LogP contribution >= 0.6 is 48.0 Å². The molecule has 134 valence electrons. The van der Waals surface area contributed by atoms with Crippen molar-refractivity contribution in [1.29, 1.82) is 0 Å². The predicted molar refractivity (Wildman–Crippen MR) is 104 cm³/mol. The summed E-state index contributed by atoms with van der Waals surface area (Å²) in [7, 11) is 0. The van der Waals surface area contributed by atoms with Crippen LogP contribution in [0.2, 0.25) is 10.0 Å². The van der Waals surface area contributed by atoms with Crippen LogP contribution < -0.4 is 5.32 Å². The molecule has 1 aliphatic heterocycles. The summed E-state index contributed by atoms with van der Waals surface area (Å²) in [5.41, 5.74) is 0.857. The maximum atomic E-state index is 10.4. The molecule has 1 heterocycles. The Morgan fingerprint density at radius 1 is 1.13 bits per heavy atom. The number of nitrogens with zero attached hydrogens (tertiary/aromatic N) is 1. The summed E-state index contributed by atoms with van der Waals surface area (Å²) in [5, 5.41) is 14.6. The van der Waals surface area contributed by atoms with Gasteiger partial charge >= 0.3 is 0 Å². The van der Waals surface area contributed by atoms with E-state index in [2.05, 4.69) is 24.1 Å². The van der Waals surface area contributed by atoms with Crippen LogP contribution in [0.1, 0.15) is 38.3 Å². The van der Waals surface area contributed by atoms with Gasteiger partial charge in [-0.1, -0.05) is 37.0 Å². The Kier molecular flexibility index (Phi) is 10.9. The van der Waals surface area contributed by atoms with Gasteiger partial charge in [-0.05, 0) is 30.9 Å². The molecule has 0 bridgehead atoms. The first-order valence-corrected chi connectivity index (χ1v) is 8.37. The molecule has 1 aromatic carbocycles. The van der Waals surface area contributed by atoms with Gasteiger partial charge in [0.15, 0.2) is 0 Å². The molecule has 0 aliphatic carbocycles. The molecule has 1 aliphatic rings. The van der Waals surface area contributed by atoms with E-state index >= 15 is 0 Å². The molecule has 7 heteroatoms. The molecule has 1 atom stereocenters. The third-order valence-electron chi connectivity index (χ3n) is 4.03. The average molecular weight is 404 g/mol. The van der Waals surface area contributed by atoms with E-state index in [9.17, 15) is 5.11 Å². The molecule has 0 amide bonds. The third kappa shape index (κ3) is 6.49. The summed E-state index contributed by atoms with van der Waals surface area (Å²) < 4.78 is 0. The summed E-state index contributed by atoms with van der Waals surface area (Å²) >= 11 is 12.2. The van der Waals surface area contributed by atoms with Crippen LogP contribution in [-0.2, 0) is 0 Å². The molecule has 0 spiro atoms. The number of hydrogen-bond acceptors (Lipinski definition) is 3. The molecule has 1 fully saturated rings. The topological polar surface area (TPSA) is 35.5 Å². The van der Waals surface area contributed by atoms with Gasteiger partial charge in [-0.15, -0.1) is 24.8 Å². The Morgan fingerprint density at radius 2 is 1.74 bits per heavy atom. The van der Waals surface area contributed by atoms with E-state index in [1.165, 1.54) is 0 Å². The van der Waals surface area contributed by atoms with Gasteiger partial charge in [0.1, 0.15) is 5.75 Å². The number of piperazine rings is 1. The van der Waals surface area contributed by atoms with E-state index in [1.54, 1.807) is 6.07 Å². The van der Waals surface area contributed by atoms with Crippen molar-refractivity contribution in [1.82, 2.24) is 10.2 Å². The lowest BCUT2D eigenvalue weighted by atomic mass is 9.95. The molecule has 0 saturated carbocycles. The lowest BCUT2D eigenvalue weighted by Gasteiger charge is -2.36. The van der Waals surface area contributed by atoms with Crippen LogP contribution in [0.15, 0.2) is 12.1 Å². The summed E-state index contributed by atoms with van der Waals surface area (Å²) in [5.74, 6) is 0.806. The Labute approximate surface area is 161 Å². The first-order chi connectivity index (χ1) is 9.99. The second-order valence-corrected chi connectivity index (χ2v) is 6.94. The molecule has 1 aromatic rings. The second-order valence-electron chi connectivity index (χ2n) is 6.10. The van der Waals surface area contributed by atoms with Gasteiger partial charge in [0, 0.05) is 42.8 Å². The fraction of sp³-hybridized carbons (Fsp3) is 0.625. The van der Waals surface area contributed by atoms with Crippen LogP contribution in [0.3, 0.4) is 0 Å². The van der Waals surface area contributed by atoms with E-state index in [0.717, 1.165) is 44.6 Å². The van der Waals surface area contributed by atoms with E-state index in [-0.39, 0.29) is 36.6 Å². The van der Waals surface area contributed by atoms with Crippen LogP contribution in [-0.4, -0.2) is 36.2 Å². The van der Waals surface area contributed by atoms with Gasteiger partial charge in [-0.3, -0.25) is 4.90 Å². The van der Waals surface area contributed by atoms with Crippen molar-refractivity contribution < 1.29 is 5.11 Å². The number of benzene rings is 1. The van der Waals surface area contributed by atoms with E-state index < -0.39 is 0 Å². The lowest BCUT2D eigenvalue weighted by molar-refractivity contribution is 0.157. The Morgan fingerprint density at radius 3 is 2.30 bits per heavy atom. The zero-order valence-corrected chi connectivity index (χ0v) is 16.7. The number of rotatable bonds is 5. The van der Waals surface area contributed by atoms with Crippen molar-refractivity contribution >= 4 is 48.0 Å². The van der Waals surface area contributed by atoms with Gasteiger partial charge < -0.3 is 10.4 Å². The second kappa shape index (κ2) is 10.9. The van der Waals surface area contributed by atoms with Crippen molar-refractivity contribution in [3.05, 3.63) is 27.7 Å². The van der Waals surface area contributed by atoms with Crippen molar-refractivity contribution in [3.63, 3.8) is 0 Å². The fourth-order valence-electron chi connectivity index (χ4n) is 2.86. The first-order valence-electron chi connectivity index (χ1n) is 7.61. The van der Waals surface area contributed by atoms with Crippen molar-refractivity contribution in [2.24, 2.45) is 5.92 Å². The average Bonchev–Trinajstić information content (AvgIpc) is 2.45. The highest BCUT2D eigenvalue weighted by Crippen LogP contribution is 2.39. The molecule has 2 N–H and O–H groups in total. The highest BCUT2D eigenvalue weighted by molar-refractivity contribution is 6.35. The van der Waals surface area contributed by atoms with Crippen LogP contribution in [0.4, 0.5) is 0 Å². The van der Waals surface area contributed by atoms with E-state index in [0.29, 0.717) is 16.0 Å². The predicted octanol–water partition coefficient (Wildman–Crippen LogP) is 4.93. The summed E-state index contributed by atoms with van der Waals surface area (Å²) in [6, 6.07) is 3.63. The Hall–Kier alpha value is 0.1000. The van der Waals surface area contributed by atoms with Gasteiger partial charge in [-0.25, -0.2) is 0 Å². The fourth-order valence-corrected chi connectivity index (χ4v) is 3.37. The number of aromatic hydroxyl groups is 1. The molecule has 1 saturated heterocycles. The van der Waals surface area contributed by atoms with Crippen LogP contribution in [0.25, 0.3) is 0 Å². The van der Waals surface area contributed by atoms with Crippen LogP contribution in [0.5, 0.6) is 5.75 Å². The standard InChI is InChI=1S/C16H24Cl2N2O.2ClH/c1-11(2)3-4-15(20-7-5-19-6-8-20)13-9-12(17)10-14(18)16(13)21;;/h9-11,15,19,21H,3-8H2,1-2H3;2*1H/t15-;;/m1../s1. The minimum Gasteiger partial charge on any atom is -0.506 e. The maximum absolute atomic E-state index is 10.4. The first kappa shape index (κ1) is 23.1. The maximum Gasteiger partial charge on any atom is 0.139 e. The monoisotopic (exact) mass is 402 g/mol. The van der Waals surface area contributed by atoms with E-state index in [1.807, 2.05) is 6.07 Å². The number of hydrogen-bond donors (Lipinski definition) is 2. The number of halogens is 4. The normalized spacial score (nSPS) is 16.6. The molecular formula is C16H26Cl4N2O. The van der Waals surface area contributed by atoms with Crippen molar-refractivity contribution in [2.75, 3.05) is 26.2 Å². The summed E-state index contributed by atoms with van der Waals surface area (Å²) in [6.07, 6.45) is 2.11. The number of phenolic OH excluding ortho intramolecular Hbond substituents is 1. The molecule has 3 nitrogen and oxygen atoms in total. The smallest absolute Gasteiger partial charge is 0.139 e. The third-order valence-corrected chi connectivity index (χ3v) is 4.53. The Balaban J connectivity index is 0.00000242. The molecule has 0 unspecified atom stereocenters. The highest BCUT2D eigenvalue weighted by atomic mass is 35.5. The SMILES string of the molecule is CC(C)CC[C@H](c1cc(Cl)cc(Cl)c1O)N1CCNCC1.Cl.Cl. The quantitative estimate of drug-likeness (QED) is 0.731. The minimum atomic E-state index is 0. The minimum absolute atomic E-state index is 0. The zero-order valence-electron chi connectivity index (χ0n) is 13.5. The molecular weight excluding hydrogens is 378 g/mol. The van der Waals surface area contributed by atoms with E-state index in [4.69, 9.17) is 23.2 Å². The Bertz CT molecular complexity index is 479. The van der Waals surface area contributed by atoms with Crippen LogP contribution in [0, 0.1) is 5.92 Å². The van der Waals surface area contributed by atoms with Gasteiger partial charge in [-0.2, -0.15) is 0 Å². The van der Waals surface area contributed by atoms with Crippen molar-refractivity contribution in [2.45, 2.75) is 32.7 Å². The van der Waals surface area contributed by atoms with Gasteiger partial charge in [0.05, 0.1) is 5.02 Å². The summed E-state index contributed by atoms with van der Waals surface area (Å²) in [6.45, 7) is 8.36. The van der Waals surface area contributed by atoms with Gasteiger partial charge in [0.25, 0.3) is 0 Å². The molecule has 0 aromatic heterocycles. The summed E-state index contributed by atoms with van der Waals surface area (Å²) in [4.78, 5) is 2.42. The number of nitrogens with one attached hydrogen (secondary N) is 1. The lowest BCUT2D eigenvalue weighted by Crippen LogP contribution is -2.45. The molecule has 0 radical (unpaired) electrons. The largest absolute Gasteiger partial charge is 0.506 e. The zero-order chi connectivity index (χ0) is 15.4. The number of phenols is 1. The van der Waals surface area contributed by atoms with Gasteiger partial charge in [0.2, 0.25) is 0 Å².